The quantitative estimate of drug-likeness (QED) is 0.677. The largest absolute Gasteiger partial charge is 0.411 e. The first-order valence-corrected chi connectivity index (χ1v) is 7.20. The third-order valence-corrected chi connectivity index (χ3v) is 4.21. The van der Waals surface area contributed by atoms with E-state index in [1.165, 1.54) is 11.1 Å². The molecule has 0 aromatic heterocycles. The van der Waals surface area contributed by atoms with Crippen LogP contribution in [-0.2, 0) is 6.54 Å². The van der Waals surface area contributed by atoms with Gasteiger partial charge in [0.25, 0.3) is 0 Å². The van der Waals surface area contributed by atoms with Gasteiger partial charge in [-0.1, -0.05) is 35.8 Å². The van der Waals surface area contributed by atoms with Crippen molar-refractivity contribution >= 4 is 17.3 Å². The summed E-state index contributed by atoms with van der Waals surface area (Å²) in [7, 11) is 0. The SMILES string of the molecule is CCC1CN(Cc2ccc(C)cc2Cl)CC/C1=N\O. The summed E-state index contributed by atoms with van der Waals surface area (Å²) >= 11 is 6.28. The van der Waals surface area contributed by atoms with Crippen LogP contribution in [0.3, 0.4) is 0 Å². The molecule has 0 radical (unpaired) electrons. The summed E-state index contributed by atoms with van der Waals surface area (Å²) in [5.41, 5.74) is 3.30. The minimum absolute atomic E-state index is 0.364. The number of piperidine rings is 1. The Kier molecular flexibility index (Phi) is 4.83. The van der Waals surface area contributed by atoms with Crippen LogP contribution < -0.4 is 0 Å². The zero-order valence-corrected chi connectivity index (χ0v) is 12.3. The van der Waals surface area contributed by atoms with Gasteiger partial charge in [-0.3, -0.25) is 4.90 Å². The van der Waals surface area contributed by atoms with Crippen LogP contribution in [0.5, 0.6) is 0 Å². The number of hydrogen-bond acceptors (Lipinski definition) is 3. The molecule has 1 heterocycles. The van der Waals surface area contributed by atoms with Crippen LogP contribution in [0.15, 0.2) is 23.4 Å². The van der Waals surface area contributed by atoms with Gasteiger partial charge in [0.15, 0.2) is 0 Å². The van der Waals surface area contributed by atoms with E-state index in [-0.39, 0.29) is 0 Å². The fraction of sp³-hybridized carbons (Fsp3) is 0.533. The molecule has 1 unspecified atom stereocenters. The molecule has 0 bridgehead atoms. The van der Waals surface area contributed by atoms with Crippen molar-refractivity contribution in [3.8, 4) is 0 Å². The molecule has 1 fully saturated rings. The second-order valence-corrected chi connectivity index (χ2v) is 5.68. The van der Waals surface area contributed by atoms with Gasteiger partial charge in [0, 0.05) is 37.0 Å². The van der Waals surface area contributed by atoms with Gasteiger partial charge in [0.1, 0.15) is 0 Å². The molecule has 0 aliphatic carbocycles. The highest BCUT2D eigenvalue weighted by molar-refractivity contribution is 6.31. The predicted octanol–water partition coefficient (Wildman–Crippen LogP) is 3.71. The van der Waals surface area contributed by atoms with Crippen LogP contribution in [-0.4, -0.2) is 28.9 Å². The van der Waals surface area contributed by atoms with Gasteiger partial charge >= 0.3 is 0 Å². The molecule has 1 N–H and O–H groups in total. The third kappa shape index (κ3) is 3.48. The number of hydrogen-bond donors (Lipinski definition) is 1. The van der Waals surface area contributed by atoms with E-state index in [0.717, 1.165) is 43.2 Å². The Labute approximate surface area is 119 Å². The lowest BCUT2D eigenvalue weighted by Crippen LogP contribution is -2.40. The molecule has 0 amide bonds. The number of aryl methyl sites for hydroxylation is 1. The molecule has 2 rings (SSSR count). The first-order chi connectivity index (χ1) is 9.13. The van der Waals surface area contributed by atoms with E-state index in [1.54, 1.807) is 0 Å². The van der Waals surface area contributed by atoms with Gasteiger partial charge in [0.05, 0.1) is 5.71 Å². The molecule has 1 aromatic carbocycles. The number of nitrogens with zero attached hydrogens (tertiary/aromatic N) is 2. The monoisotopic (exact) mass is 280 g/mol. The second-order valence-electron chi connectivity index (χ2n) is 5.28. The minimum atomic E-state index is 0.364. The van der Waals surface area contributed by atoms with Crippen LogP contribution in [0.25, 0.3) is 0 Å². The molecule has 4 heteroatoms. The van der Waals surface area contributed by atoms with Gasteiger partial charge in [-0.2, -0.15) is 0 Å². The number of rotatable bonds is 3. The topological polar surface area (TPSA) is 35.8 Å². The summed E-state index contributed by atoms with van der Waals surface area (Å²) in [5, 5.41) is 13.3. The van der Waals surface area contributed by atoms with Crippen LogP contribution in [0.2, 0.25) is 5.02 Å². The molecule has 19 heavy (non-hydrogen) atoms. The maximum atomic E-state index is 8.99. The minimum Gasteiger partial charge on any atom is -0.411 e. The smallest absolute Gasteiger partial charge is 0.0627 e. The molecule has 1 aromatic rings. The molecule has 104 valence electrons. The standard InChI is InChI=1S/C15H21ClN2O/c1-3-12-9-18(7-6-15(12)17-19)10-13-5-4-11(2)8-14(13)16/h4-5,8,12,19H,3,6-7,9-10H2,1-2H3/b17-15+. The molecule has 0 spiro atoms. The Bertz CT molecular complexity index is 473. The van der Waals surface area contributed by atoms with Gasteiger partial charge in [-0.25, -0.2) is 0 Å². The molecule has 1 atom stereocenters. The summed E-state index contributed by atoms with van der Waals surface area (Å²) in [4.78, 5) is 2.39. The van der Waals surface area contributed by atoms with Crippen molar-refractivity contribution in [1.82, 2.24) is 4.90 Å². The summed E-state index contributed by atoms with van der Waals surface area (Å²) in [6.45, 7) is 6.93. The molecule has 3 nitrogen and oxygen atoms in total. The molecule has 0 saturated carbocycles. The lowest BCUT2D eigenvalue weighted by Gasteiger charge is -2.33. The van der Waals surface area contributed by atoms with Crippen molar-refractivity contribution < 1.29 is 5.21 Å². The van der Waals surface area contributed by atoms with E-state index in [0.29, 0.717) is 5.92 Å². The lowest BCUT2D eigenvalue weighted by atomic mass is 9.93. The number of benzene rings is 1. The molecular formula is C15H21ClN2O. The Morgan fingerprint density at radius 1 is 1.47 bits per heavy atom. The van der Waals surface area contributed by atoms with Crippen LogP contribution in [0.1, 0.15) is 30.9 Å². The van der Waals surface area contributed by atoms with E-state index in [9.17, 15) is 0 Å². The Morgan fingerprint density at radius 2 is 2.26 bits per heavy atom. The highest BCUT2D eigenvalue weighted by Crippen LogP contribution is 2.23. The average Bonchev–Trinajstić information content (AvgIpc) is 2.41. The maximum absolute atomic E-state index is 8.99. The Morgan fingerprint density at radius 3 is 2.89 bits per heavy atom. The van der Waals surface area contributed by atoms with E-state index in [4.69, 9.17) is 16.8 Å². The Hall–Kier alpha value is -1.06. The van der Waals surface area contributed by atoms with E-state index in [2.05, 4.69) is 29.1 Å². The fourth-order valence-corrected chi connectivity index (χ4v) is 2.94. The molecular weight excluding hydrogens is 260 g/mol. The van der Waals surface area contributed by atoms with Crippen molar-refractivity contribution in [3.63, 3.8) is 0 Å². The average molecular weight is 281 g/mol. The van der Waals surface area contributed by atoms with Gasteiger partial charge in [0.2, 0.25) is 0 Å². The van der Waals surface area contributed by atoms with Crippen LogP contribution >= 0.6 is 11.6 Å². The zero-order valence-electron chi connectivity index (χ0n) is 11.6. The Balaban J connectivity index is 2.04. The predicted molar refractivity (Wildman–Crippen MR) is 79.1 cm³/mol. The molecule has 1 saturated heterocycles. The fourth-order valence-electron chi connectivity index (χ4n) is 2.65. The normalized spacial score (nSPS) is 22.9. The second kappa shape index (κ2) is 6.40. The highest BCUT2D eigenvalue weighted by atomic mass is 35.5. The van der Waals surface area contributed by atoms with Crippen LogP contribution in [0.4, 0.5) is 0 Å². The third-order valence-electron chi connectivity index (χ3n) is 3.86. The zero-order chi connectivity index (χ0) is 13.8. The summed E-state index contributed by atoms with van der Waals surface area (Å²) in [6, 6.07) is 6.22. The molecule has 1 aliphatic rings. The van der Waals surface area contributed by atoms with Crippen molar-refractivity contribution in [2.75, 3.05) is 13.1 Å². The maximum Gasteiger partial charge on any atom is 0.0627 e. The van der Waals surface area contributed by atoms with E-state index < -0.39 is 0 Å². The first-order valence-electron chi connectivity index (χ1n) is 6.82. The number of halogens is 1. The van der Waals surface area contributed by atoms with E-state index in [1.807, 2.05) is 13.0 Å². The van der Waals surface area contributed by atoms with Crippen LogP contribution in [0, 0.1) is 12.8 Å². The molecule has 1 aliphatic heterocycles. The lowest BCUT2D eigenvalue weighted by molar-refractivity contribution is 0.220. The summed E-state index contributed by atoms with van der Waals surface area (Å²) in [5.74, 6) is 0.364. The summed E-state index contributed by atoms with van der Waals surface area (Å²) in [6.07, 6.45) is 1.86. The van der Waals surface area contributed by atoms with E-state index >= 15 is 0 Å². The van der Waals surface area contributed by atoms with Crippen molar-refractivity contribution in [2.45, 2.75) is 33.2 Å². The summed E-state index contributed by atoms with van der Waals surface area (Å²) < 4.78 is 0. The van der Waals surface area contributed by atoms with Crippen molar-refractivity contribution in [2.24, 2.45) is 11.1 Å². The highest BCUT2D eigenvalue weighted by Gasteiger charge is 2.24. The van der Waals surface area contributed by atoms with Crippen molar-refractivity contribution in [3.05, 3.63) is 34.3 Å². The van der Waals surface area contributed by atoms with Crippen molar-refractivity contribution in [1.29, 1.82) is 0 Å². The van der Waals surface area contributed by atoms with Gasteiger partial charge in [-0.05, 0) is 30.5 Å². The van der Waals surface area contributed by atoms with Gasteiger partial charge in [-0.15, -0.1) is 0 Å². The first kappa shape index (κ1) is 14.4. The number of likely N-dealkylation sites (tertiary alicyclic amines) is 1. The van der Waals surface area contributed by atoms with Gasteiger partial charge < -0.3 is 5.21 Å². The number of oxime groups is 1.